The van der Waals surface area contributed by atoms with Gasteiger partial charge in [-0.25, -0.2) is 9.82 Å². The molecule has 98 valence electrons. The molecule has 6 heteroatoms. The highest BCUT2D eigenvalue weighted by molar-refractivity contribution is 6.33. The largest absolute Gasteiger partial charge is 0.335 e. The summed E-state index contributed by atoms with van der Waals surface area (Å²) in [6, 6.07) is 4.08. The van der Waals surface area contributed by atoms with Gasteiger partial charge in [0.05, 0.1) is 16.8 Å². The summed E-state index contributed by atoms with van der Waals surface area (Å²) in [5, 5.41) is 2.92. The fourth-order valence-corrected chi connectivity index (χ4v) is 2.15. The van der Waals surface area contributed by atoms with Crippen molar-refractivity contribution in [3.8, 4) is 0 Å². The maximum atomic E-state index is 12.9. The van der Waals surface area contributed by atoms with E-state index < -0.39 is 5.82 Å². The minimum atomic E-state index is -0.455. The lowest BCUT2D eigenvalue weighted by Gasteiger charge is -2.12. The second kappa shape index (κ2) is 5.65. The van der Waals surface area contributed by atoms with E-state index in [9.17, 15) is 9.18 Å². The van der Waals surface area contributed by atoms with Crippen LogP contribution >= 0.6 is 11.6 Å². The Bertz CT molecular complexity index is 455. The van der Waals surface area contributed by atoms with E-state index in [1.807, 2.05) is 0 Å². The van der Waals surface area contributed by atoms with Crippen molar-refractivity contribution in [3.63, 3.8) is 0 Å². The quantitative estimate of drug-likeness (QED) is 0.786. The molecule has 0 aromatic heterocycles. The van der Waals surface area contributed by atoms with Crippen LogP contribution in [0.25, 0.3) is 0 Å². The van der Waals surface area contributed by atoms with Crippen molar-refractivity contribution in [2.75, 3.05) is 0 Å². The van der Waals surface area contributed by atoms with Gasteiger partial charge in [-0.05, 0) is 31.0 Å². The molecule has 2 unspecified atom stereocenters. The first kappa shape index (κ1) is 13.3. The van der Waals surface area contributed by atoms with Gasteiger partial charge in [-0.3, -0.25) is 10.2 Å². The molecule has 0 radical (unpaired) electrons. The number of halogens is 2. The molecular formula is C12H15ClFN3O. The average Bonchev–Trinajstić information content (AvgIpc) is 2.76. The predicted octanol–water partition coefficient (Wildman–Crippen LogP) is 1.81. The van der Waals surface area contributed by atoms with Crippen molar-refractivity contribution in [1.29, 1.82) is 0 Å². The lowest BCUT2D eigenvalue weighted by molar-refractivity contribution is 0.0932. The summed E-state index contributed by atoms with van der Waals surface area (Å²) in [5.41, 5.74) is 6.35. The number of hydrogen-bond acceptors (Lipinski definition) is 3. The standard InChI is InChI=1S/C12H15ClFN3O/c1-2-8-6-11(17-16-8)15-12(18)9-4-3-7(14)5-10(9)13/h3-5,8,11,16-17H,2,6H2,1H3,(H,15,18). The molecule has 0 bridgehead atoms. The maximum absolute atomic E-state index is 12.9. The van der Waals surface area contributed by atoms with Gasteiger partial charge in [-0.2, -0.15) is 0 Å². The van der Waals surface area contributed by atoms with Crippen LogP contribution in [-0.2, 0) is 0 Å². The summed E-state index contributed by atoms with van der Waals surface area (Å²) in [6.07, 6.45) is 1.65. The molecule has 1 aromatic rings. The first-order chi connectivity index (χ1) is 8.60. The molecule has 1 saturated heterocycles. The highest BCUT2D eigenvalue weighted by Gasteiger charge is 2.24. The molecule has 1 heterocycles. The third kappa shape index (κ3) is 2.98. The van der Waals surface area contributed by atoms with Gasteiger partial charge in [0, 0.05) is 6.04 Å². The zero-order valence-corrected chi connectivity index (χ0v) is 10.7. The van der Waals surface area contributed by atoms with Gasteiger partial charge in [0.25, 0.3) is 5.91 Å². The number of carbonyl (C=O) groups excluding carboxylic acids is 1. The number of hydrazine groups is 1. The molecule has 3 N–H and O–H groups in total. The first-order valence-corrected chi connectivity index (χ1v) is 6.25. The van der Waals surface area contributed by atoms with Crippen molar-refractivity contribution in [1.82, 2.24) is 16.2 Å². The Kier molecular flexibility index (Phi) is 4.16. The Hall–Kier alpha value is -1.17. The van der Waals surface area contributed by atoms with E-state index in [-0.39, 0.29) is 22.7 Å². The normalized spacial score (nSPS) is 23.1. The summed E-state index contributed by atoms with van der Waals surface area (Å²) in [6.45, 7) is 2.07. The molecule has 1 aliphatic rings. The summed E-state index contributed by atoms with van der Waals surface area (Å²) in [7, 11) is 0. The molecule has 0 spiro atoms. The molecule has 18 heavy (non-hydrogen) atoms. The van der Waals surface area contributed by atoms with Gasteiger partial charge < -0.3 is 5.32 Å². The number of nitrogens with one attached hydrogen (secondary N) is 3. The molecule has 1 fully saturated rings. The van der Waals surface area contributed by atoms with E-state index in [1.54, 1.807) is 0 Å². The zero-order valence-electron chi connectivity index (χ0n) is 9.97. The van der Waals surface area contributed by atoms with Crippen LogP contribution in [0.4, 0.5) is 4.39 Å². The number of amides is 1. The highest BCUT2D eigenvalue weighted by atomic mass is 35.5. The lowest BCUT2D eigenvalue weighted by Crippen LogP contribution is -2.44. The van der Waals surface area contributed by atoms with Crippen molar-refractivity contribution < 1.29 is 9.18 Å². The Morgan fingerprint density at radius 3 is 2.94 bits per heavy atom. The average molecular weight is 272 g/mol. The zero-order chi connectivity index (χ0) is 13.1. The summed E-state index contributed by atoms with van der Waals surface area (Å²) in [5.74, 6) is -0.765. The van der Waals surface area contributed by atoms with E-state index in [2.05, 4.69) is 23.1 Å². The van der Waals surface area contributed by atoms with Crippen LogP contribution < -0.4 is 16.2 Å². The van der Waals surface area contributed by atoms with Crippen LogP contribution in [0.2, 0.25) is 5.02 Å². The highest BCUT2D eigenvalue weighted by Crippen LogP contribution is 2.17. The molecular weight excluding hydrogens is 257 g/mol. The molecule has 2 rings (SSSR count). The summed E-state index contributed by atoms with van der Waals surface area (Å²) >= 11 is 5.83. The van der Waals surface area contributed by atoms with Gasteiger partial charge in [0.1, 0.15) is 5.82 Å². The molecule has 0 aliphatic carbocycles. The number of benzene rings is 1. The molecule has 0 saturated carbocycles. The van der Waals surface area contributed by atoms with E-state index in [4.69, 9.17) is 11.6 Å². The minimum absolute atomic E-state index is 0.116. The Labute approximate surface area is 110 Å². The predicted molar refractivity (Wildman–Crippen MR) is 67.6 cm³/mol. The van der Waals surface area contributed by atoms with Gasteiger partial charge in [-0.1, -0.05) is 18.5 Å². The van der Waals surface area contributed by atoms with Crippen LogP contribution in [-0.4, -0.2) is 18.1 Å². The van der Waals surface area contributed by atoms with E-state index in [0.717, 1.165) is 18.9 Å². The first-order valence-electron chi connectivity index (χ1n) is 5.87. The fraction of sp³-hybridized carbons (Fsp3) is 0.417. The van der Waals surface area contributed by atoms with Crippen molar-refractivity contribution in [3.05, 3.63) is 34.6 Å². The van der Waals surface area contributed by atoms with Crippen LogP contribution in [0.1, 0.15) is 30.1 Å². The smallest absolute Gasteiger partial charge is 0.254 e. The third-order valence-corrected chi connectivity index (χ3v) is 3.27. The molecule has 1 aliphatic heterocycles. The summed E-state index contributed by atoms with van der Waals surface area (Å²) < 4.78 is 12.9. The van der Waals surface area contributed by atoms with Crippen LogP contribution in [0.15, 0.2) is 18.2 Å². The maximum Gasteiger partial charge on any atom is 0.254 e. The van der Waals surface area contributed by atoms with Gasteiger partial charge in [-0.15, -0.1) is 0 Å². The molecule has 1 amide bonds. The fourth-order valence-electron chi connectivity index (χ4n) is 1.89. The van der Waals surface area contributed by atoms with Crippen molar-refractivity contribution >= 4 is 17.5 Å². The van der Waals surface area contributed by atoms with Crippen molar-refractivity contribution in [2.24, 2.45) is 0 Å². The monoisotopic (exact) mass is 271 g/mol. The lowest BCUT2D eigenvalue weighted by atomic mass is 10.1. The van der Waals surface area contributed by atoms with Gasteiger partial charge in [0.2, 0.25) is 0 Å². The second-order valence-corrected chi connectivity index (χ2v) is 4.69. The Morgan fingerprint density at radius 1 is 1.56 bits per heavy atom. The number of hydrogen-bond donors (Lipinski definition) is 3. The Morgan fingerprint density at radius 2 is 2.33 bits per heavy atom. The van der Waals surface area contributed by atoms with E-state index in [1.165, 1.54) is 12.1 Å². The van der Waals surface area contributed by atoms with Gasteiger partial charge in [0.15, 0.2) is 0 Å². The van der Waals surface area contributed by atoms with Crippen molar-refractivity contribution in [2.45, 2.75) is 32.0 Å². The van der Waals surface area contributed by atoms with Gasteiger partial charge >= 0.3 is 0 Å². The summed E-state index contributed by atoms with van der Waals surface area (Å²) in [4.78, 5) is 11.9. The second-order valence-electron chi connectivity index (χ2n) is 4.28. The van der Waals surface area contributed by atoms with E-state index >= 15 is 0 Å². The molecule has 4 nitrogen and oxygen atoms in total. The SMILES string of the molecule is CCC1CC(NC(=O)c2ccc(F)cc2Cl)NN1. The Balaban J connectivity index is 2.00. The number of carbonyl (C=O) groups is 1. The third-order valence-electron chi connectivity index (χ3n) is 2.96. The van der Waals surface area contributed by atoms with Crippen LogP contribution in [0.5, 0.6) is 0 Å². The molecule has 2 atom stereocenters. The number of rotatable bonds is 3. The minimum Gasteiger partial charge on any atom is -0.335 e. The van der Waals surface area contributed by atoms with Crippen LogP contribution in [0.3, 0.4) is 0 Å². The van der Waals surface area contributed by atoms with Crippen LogP contribution in [0, 0.1) is 5.82 Å². The van der Waals surface area contributed by atoms with E-state index in [0.29, 0.717) is 6.04 Å². The molecule has 1 aromatic carbocycles. The topological polar surface area (TPSA) is 53.2 Å².